The van der Waals surface area contributed by atoms with Gasteiger partial charge in [-0.05, 0) is 30.3 Å². The van der Waals surface area contributed by atoms with Crippen LogP contribution in [0, 0.1) is 0 Å². The van der Waals surface area contributed by atoms with Crippen molar-refractivity contribution in [1.29, 1.82) is 0 Å². The van der Waals surface area contributed by atoms with Crippen molar-refractivity contribution in [3.05, 3.63) is 29.8 Å². The number of ether oxygens (including phenoxy) is 6. The molecule has 0 saturated carbocycles. The lowest BCUT2D eigenvalue weighted by atomic mass is 10.2. The zero-order chi connectivity index (χ0) is 25.1. The van der Waals surface area contributed by atoms with Gasteiger partial charge in [0, 0.05) is 5.56 Å². The molecule has 0 aromatic heterocycles. The van der Waals surface area contributed by atoms with Crippen LogP contribution < -0.4 is 4.74 Å². The smallest absolute Gasteiger partial charge is 0.192 e. The average Bonchev–Trinajstić information content (AvgIpc) is 2.80. The van der Waals surface area contributed by atoms with E-state index in [-0.39, 0.29) is 5.04 Å². The van der Waals surface area contributed by atoms with Crippen molar-refractivity contribution in [3.63, 3.8) is 0 Å². The summed E-state index contributed by atoms with van der Waals surface area (Å²) in [5, 5.41) is 0.220. The molecule has 0 aliphatic carbocycles. The predicted molar refractivity (Wildman–Crippen MR) is 135 cm³/mol. The highest BCUT2D eigenvalue weighted by atomic mass is 28.4. The number of aldehydes is 1. The second kappa shape index (κ2) is 18.0. The van der Waals surface area contributed by atoms with Gasteiger partial charge in [0.1, 0.15) is 18.6 Å². The van der Waals surface area contributed by atoms with Gasteiger partial charge in [0.15, 0.2) is 8.32 Å². The van der Waals surface area contributed by atoms with E-state index in [2.05, 4.69) is 33.9 Å². The summed E-state index contributed by atoms with van der Waals surface area (Å²) < 4.78 is 39.0. The molecule has 0 heterocycles. The number of benzene rings is 1. The van der Waals surface area contributed by atoms with Gasteiger partial charge in [0.25, 0.3) is 0 Å². The van der Waals surface area contributed by atoms with Crippen LogP contribution in [0.4, 0.5) is 0 Å². The van der Waals surface area contributed by atoms with E-state index in [0.29, 0.717) is 90.6 Å². The minimum Gasteiger partial charge on any atom is -0.491 e. The van der Waals surface area contributed by atoms with Crippen molar-refractivity contribution in [2.24, 2.45) is 0 Å². The SMILES string of the molecule is CC(C)(C)[Si](C)(C)OCCOCCOCCOCCOCCOCCOc1cccc(C=O)c1. The molecular formula is C25H44O8Si. The van der Waals surface area contributed by atoms with Gasteiger partial charge in [-0.2, -0.15) is 0 Å². The topological polar surface area (TPSA) is 81.7 Å². The molecule has 196 valence electrons. The fourth-order valence-corrected chi connectivity index (χ4v) is 3.48. The van der Waals surface area contributed by atoms with E-state index in [9.17, 15) is 4.79 Å². The van der Waals surface area contributed by atoms with E-state index in [4.69, 9.17) is 32.8 Å². The van der Waals surface area contributed by atoms with Gasteiger partial charge < -0.3 is 32.8 Å². The van der Waals surface area contributed by atoms with Gasteiger partial charge in [0.05, 0.1) is 72.7 Å². The summed E-state index contributed by atoms with van der Waals surface area (Å²) in [7, 11) is -1.69. The summed E-state index contributed by atoms with van der Waals surface area (Å²) in [5.74, 6) is 0.657. The van der Waals surface area contributed by atoms with Crippen LogP contribution >= 0.6 is 0 Å². The van der Waals surface area contributed by atoms with Gasteiger partial charge in [-0.3, -0.25) is 4.79 Å². The molecule has 1 aromatic rings. The van der Waals surface area contributed by atoms with E-state index >= 15 is 0 Å². The van der Waals surface area contributed by atoms with Gasteiger partial charge in [-0.25, -0.2) is 0 Å². The maximum atomic E-state index is 10.7. The van der Waals surface area contributed by atoms with Gasteiger partial charge >= 0.3 is 0 Å². The third kappa shape index (κ3) is 14.8. The highest BCUT2D eigenvalue weighted by Gasteiger charge is 2.36. The molecule has 0 atom stereocenters. The number of rotatable bonds is 21. The first-order valence-corrected chi connectivity index (χ1v) is 14.9. The maximum absolute atomic E-state index is 10.7. The van der Waals surface area contributed by atoms with E-state index in [1.54, 1.807) is 18.2 Å². The summed E-state index contributed by atoms with van der Waals surface area (Å²) in [6, 6.07) is 7.02. The second-order valence-electron chi connectivity index (χ2n) is 9.21. The first-order valence-electron chi connectivity index (χ1n) is 12.0. The first-order chi connectivity index (χ1) is 16.3. The second-order valence-corrected chi connectivity index (χ2v) is 14.0. The first kappa shape index (κ1) is 30.7. The Kier molecular flexibility index (Phi) is 16.3. The molecule has 0 bridgehead atoms. The Morgan fingerprint density at radius 3 is 1.59 bits per heavy atom. The van der Waals surface area contributed by atoms with E-state index in [1.807, 2.05) is 6.07 Å². The third-order valence-electron chi connectivity index (χ3n) is 5.48. The van der Waals surface area contributed by atoms with E-state index < -0.39 is 8.32 Å². The predicted octanol–water partition coefficient (Wildman–Crippen LogP) is 3.98. The van der Waals surface area contributed by atoms with Crippen molar-refractivity contribution >= 4 is 14.6 Å². The lowest BCUT2D eigenvalue weighted by Gasteiger charge is -2.36. The fraction of sp³-hybridized carbons (Fsp3) is 0.720. The lowest BCUT2D eigenvalue weighted by Crippen LogP contribution is -2.41. The summed E-state index contributed by atoms with van der Waals surface area (Å²) in [5.41, 5.74) is 0.591. The molecular weight excluding hydrogens is 456 g/mol. The minimum atomic E-state index is -1.69. The Labute approximate surface area is 206 Å². The Morgan fingerprint density at radius 2 is 1.15 bits per heavy atom. The van der Waals surface area contributed by atoms with E-state index in [1.165, 1.54) is 0 Å². The molecule has 0 N–H and O–H groups in total. The summed E-state index contributed by atoms with van der Waals surface area (Å²) in [6.45, 7) is 17.4. The van der Waals surface area contributed by atoms with Crippen LogP contribution in [-0.4, -0.2) is 93.9 Å². The molecule has 0 unspecified atom stereocenters. The lowest BCUT2D eigenvalue weighted by molar-refractivity contribution is -0.0144. The van der Waals surface area contributed by atoms with Crippen LogP contribution in [0.2, 0.25) is 18.1 Å². The third-order valence-corrected chi connectivity index (χ3v) is 10.0. The van der Waals surface area contributed by atoms with E-state index in [0.717, 1.165) is 6.29 Å². The molecule has 0 saturated heterocycles. The van der Waals surface area contributed by atoms with Crippen LogP contribution in [0.1, 0.15) is 31.1 Å². The van der Waals surface area contributed by atoms with Crippen molar-refractivity contribution in [3.8, 4) is 5.75 Å². The molecule has 1 aromatic carbocycles. The summed E-state index contributed by atoms with van der Waals surface area (Å²) in [4.78, 5) is 10.7. The monoisotopic (exact) mass is 500 g/mol. The highest BCUT2D eigenvalue weighted by molar-refractivity contribution is 6.74. The van der Waals surface area contributed by atoms with Crippen molar-refractivity contribution in [1.82, 2.24) is 0 Å². The number of carbonyl (C=O) groups is 1. The van der Waals surface area contributed by atoms with Crippen LogP contribution in [0.25, 0.3) is 0 Å². The molecule has 0 aliphatic heterocycles. The molecule has 9 heteroatoms. The quantitative estimate of drug-likeness (QED) is 0.142. The minimum absolute atomic E-state index is 0.220. The molecule has 8 nitrogen and oxygen atoms in total. The molecule has 1 rings (SSSR count). The molecule has 0 spiro atoms. The summed E-state index contributed by atoms with van der Waals surface area (Å²) in [6.07, 6.45) is 0.793. The fourth-order valence-electron chi connectivity index (χ4n) is 2.45. The highest BCUT2D eigenvalue weighted by Crippen LogP contribution is 2.36. The van der Waals surface area contributed by atoms with Crippen molar-refractivity contribution < 1.29 is 37.6 Å². The molecule has 0 aliphatic rings. The summed E-state index contributed by atoms with van der Waals surface area (Å²) >= 11 is 0. The van der Waals surface area contributed by atoms with Crippen LogP contribution in [-0.2, 0) is 28.1 Å². The number of hydrogen-bond acceptors (Lipinski definition) is 8. The average molecular weight is 501 g/mol. The van der Waals surface area contributed by atoms with Crippen molar-refractivity contribution in [2.45, 2.75) is 38.9 Å². The normalized spacial score (nSPS) is 12.1. The largest absolute Gasteiger partial charge is 0.491 e. The molecule has 0 fully saturated rings. The van der Waals surface area contributed by atoms with Gasteiger partial charge in [0.2, 0.25) is 0 Å². The molecule has 0 radical (unpaired) electrons. The Bertz CT molecular complexity index is 648. The zero-order valence-corrected chi connectivity index (χ0v) is 22.6. The molecule has 0 amide bonds. The van der Waals surface area contributed by atoms with Crippen molar-refractivity contribution in [2.75, 3.05) is 79.3 Å². The number of hydrogen-bond donors (Lipinski definition) is 0. The van der Waals surface area contributed by atoms with Gasteiger partial charge in [-0.15, -0.1) is 0 Å². The van der Waals surface area contributed by atoms with Crippen LogP contribution in [0.5, 0.6) is 5.75 Å². The van der Waals surface area contributed by atoms with Gasteiger partial charge in [-0.1, -0.05) is 32.9 Å². The Morgan fingerprint density at radius 1 is 0.706 bits per heavy atom. The number of carbonyl (C=O) groups excluding carboxylic acids is 1. The Balaban J connectivity index is 1.78. The standard InChI is InChI=1S/C25H44O8Si/c1-25(2,3)34(4,5)33-20-18-31-16-14-29-12-10-27-9-11-28-13-15-30-17-19-32-24-8-6-7-23(21-24)22-26/h6-8,21-22H,9-20H2,1-5H3. The van der Waals surface area contributed by atoms with Crippen LogP contribution in [0.15, 0.2) is 24.3 Å². The Hall–Kier alpha value is -1.33. The zero-order valence-electron chi connectivity index (χ0n) is 21.6. The van der Waals surface area contributed by atoms with Crippen LogP contribution in [0.3, 0.4) is 0 Å². The molecule has 34 heavy (non-hydrogen) atoms. The maximum Gasteiger partial charge on any atom is 0.192 e.